The highest BCUT2D eigenvalue weighted by molar-refractivity contribution is 6.10. The number of nitriles is 2. The Morgan fingerprint density at radius 1 is 0.438 bits per heavy atom. The molecule has 0 atom stereocenters. The summed E-state index contributed by atoms with van der Waals surface area (Å²) < 4.78 is 4.42. The second-order valence-corrected chi connectivity index (χ2v) is 11.8. The highest BCUT2D eigenvalue weighted by atomic mass is 15.0. The molecular formula is C43H25N5. The summed E-state index contributed by atoms with van der Waals surface area (Å²) in [7, 11) is 0. The summed E-state index contributed by atoms with van der Waals surface area (Å²) in [4.78, 5) is 4.87. The molecular weight excluding hydrogens is 587 g/mol. The zero-order valence-electron chi connectivity index (χ0n) is 25.7. The lowest BCUT2D eigenvalue weighted by molar-refractivity contribution is 1.14. The summed E-state index contributed by atoms with van der Waals surface area (Å²) in [5, 5.41) is 25.6. The first kappa shape index (κ1) is 27.4. The number of nitrogens with zero attached hydrogens (tertiary/aromatic N) is 5. The summed E-state index contributed by atoms with van der Waals surface area (Å²) in [5.74, 6) is 0. The molecule has 0 aliphatic carbocycles. The maximum absolute atomic E-state index is 10.5. The van der Waals surface area contributed by atoms with E-state index >= 15 is 0 Å². The second-order valence-electron chi connectivity index (χ2n) is 11.8. The first-order valence-corrected chi connectivity index (χ1v) is 15.8. The Labute approximate surface area is 276 Å². The molecule has 6 aromatic carbocycles. The third-order valence-electron chi connectivity index (χ3n) is 9.29. The fourth-order valence-corrected chi connectivity index (χ4v) is 7.19. The zero-order valence-corrected chi connectivity index (χ0v) is 25.7. The Balaban J connectivity index is 1.15. The van der Waals surface area contributed by atoms with Gasteiger partial charge in [0.2, 0.25) is 0 Å². The van der Waals surface area contributed by atoms with Crippen molar-refractivity contribution in [3.8, 4) is 45.9 Å². The van der Waals surface area contributed by atoms with Crippen LogP contribution in [0.2, 0.25) is 0 Å². The molecule has 0 unspecified atom stereocenters. The third kappa shape index (κ3) is 4.06. The van der Waals surface area contributed by atoms with Crippen molar-refractivity contribution in [3.63, 3.8) is 0 Å². The quantitative estimate of drug-likeness (QED) is 0.199. The lowest BCUT2D eigenvalue weighted by Crippen LogP contribution is -1.98. The average molecular weight is 612 g/mol. The third-order valence-corrected chi connectivity index (χ3v) is 9.29. The van der Waals surface area contributed by atoms with Crippen LogP contribution in [0, 0.1) is 22.7 Å². The normalized spacial score (nSPS) is 11.3. The SMILES string of the molecule is N#Cc1cc(-n2c3ccccc3c3ccccc32)ccc1-c1cccc(-c2ccc(-n3c4ccccc4c4ccccc43)cn2)c1C#N. The molecule has 0 amide bonds. The Hall–Kier alpha value is -6.95. The molecule has 9 aromatic rings. The summed E-state index contributed by atoms with van der Waals surface area (Å²) in [6.07, 6.45) is 1.86. The fourth-order valence-electron chi connectivity index (χ4n) is 7.19. The lowest BCUT2D eigenvalue weighted by Gasteiger charge is -2.14. The van der Waals surface area contributed by atoms with Crippen molar-refractivity contribution in [1.82, 2.24) is 14.1 Å². The van der Waals surface area contributed by atoms with Crippen molar-refractivity contribution in [2.45, 2.75) is 0 Å². The Bertz CT molecular complexity index is 2700. The zero-order chi connectivity index (χ0) is 32.2. The number of rotatable bonds is 4. The van der Waals surface area contributed by atoms with Crippen LogP contribution in [0.4, 0.5) is 0 Å². The predicted octanol–water partition coefficient (Wildman–Crippen LogP) is 10.4. The van der Waals surface area contributed by atoms with Gasteiger partial charge >= 0.3 is 0 Å². The first-order chi connectivity index (χ1) is 23.7. The van der Waals surface area contributed by atoms with Crippen molar-refractivity contribution in [3.05, 3.63) is 163 Å². The standard InChI is InChI=1S/C43H25N5/c44-25-28-24-29(47-40-16-5-1-10-34(40)35-11-2-6-17-41(35)47)20-22-31(28)32-14-9-15-33(38(32)26-45)39-23-21-30(27-46-39)48-42-18-7-3-12-36(42)37-13-4-8-19-43(37)48/h1-24,27H. The molecule has 222 valence electrons. The molecule has 3 aromatic heterocycles. The van der Waals surface area contributed by atoms with Gasteiger partial charge in [-0.3, -0.25) is 4.98 Å². The van der Waals surface area contributed by atoms with E-state index in [0.717, 1.165) is 49.8 Å². The van der Waals surface area contributed by atoms with Crippen LogP contribution >= 0.6 is 0 Å². The van der Waals surface area contributed by atoms with Crippen LogP contribution in [0.3, 0.4) is 0 Å². The van der Waals surface area contributed by atoms with Gasteiger partial charge in [0.15, 0.2) is 0 Å². The van der Waals surface area contributed by atoms with Crippen molar-refractivity contribution in [2.24, 2.45) is 0 Å². The number of para-hydroxylation sites is 4. The molecule has 48 heavy (non-hydrogen) atoms. The molecule has 0 bridgehead atoms. The average Bonchev–Trinajstić information content (AvgIpc) is 3.67. The van der Waals surface area contributed by atoms with Gasteiger partial charge < -0.3 is 9.13 Å². The van der Waals surface area contributed by atoms with E-state index in [1.54, 1.807) is 0 Å². The molecule has 0 fully saturated rings. The molecule has 0 saturated heterocycles. The smallest absolute Gasteiger partial charge is 0.100 e. The molecule has 9 rings (SSSR count). The number of hydrogen-bond donors (Lipinski definition) is 0. The van der Waals surface area contributed by atoms with E-state index in [4.69, 9.17) is 4.98 Å². The summed E-state index contributed by atoms with van der Waals surface area (Å²) >= 11 is 0. The number of pyridine rings is 1. The van der Waals surface area contributed by atoms with E-state index in [-0.39, 0.29) is 0 Å². The van der Waals surface area contributed by atoms with Gasteiger partial charge in [0.25, 0.3) is 0 Å². The fraction of sp³-hybridized carbons (Fsp3) is 0. The van der Waals surface area contributed by atoms with Crippen LogP contribution in [0.15, 0.2) is 152 Å². The van der Waals surface area contributed by atoms with Gasteiger partial charge in [0.1, 0.15) is 6.07 Å². The molecule has 5 heteroatoms. The highest BCUT2D eigenvalue weighted by Crippen LogP contribution is 2.37. The highest BCUT2D eigenvalue weighted by Gasteiger charge is 2.18. The van der Waals surface area contributed by atoms with Crippen LogP contribution in [0.1, 0.15) is 11.1 Å². The van der Waals surface area contributed by atoms with Gasteiger partial charge in [0.05, 0.1) is 56.8 Å². The Kier molecular flexibility index (Phi) is 6.18. The van der Waals surface area contributed by atoms with E-state index < -0.39 is 0 Å². The van der Waals surface area contributed by atoms with E-state index in [9.17, 15) is 10.5 Å². The van der Waals surface area contributed by atoms with Crippen LogP contribution in [-0.4, -0.2) is 14.1 Å². The second kappa shape index (κ2) is 10.8. The monoisotopic (exact) mass is 611 g/mol. The molecule has 5 nitrogen and oxygen atoms in total. The number of benzene rings is 6. The Morgan fingerprint density at radius 3 is 1.44 bits per heavy atom. The van der Waals surface area contributed by atoms with Crippen molar-refractivity contribution >= 4 is 43.6 Å². The van der Waals surface area contributed by atoms with Gasteiger partial charge in [-0.1, -0.05) is 97.1 Å². The minimum absolute atomic E-state index is 0.482. The predicted molar refractivity (Wildman–Crippen MR) is 193 cm³/mol. The molecule has 3 heterocycles. The van der Waals surface area contributed by atoms with Gasteiger partial charge in [-0.05, 0) is 48.5 Å². The van der Waals surface area contributed by atoms with E-state index in [0.29, 0.717) is 27.9 Å². The molecule has 0 aliphatic rings. The minimum atomic E-state index is 0.482. The molecule has 0 N–H and O–H groups in total. The largest absolute Gasteiger partial charge is 0.309 e. The lowest BCUT2D eigenvalue weighted by atomic mass is 9.91. The molecule has 0 radical (unpaired) electrons. The van der Waals surface area contributed by atoms with Crippen LogP contribution < -0.4 is 0 Å². The molecule has 0 saturated carbocycles. The minimum Gasteiger partial charge on any atom is -0.309 e. The van der Waals surface area contributed by atoms with Crippen molar-refractivity contribution in [1.29, 1.82) is 10.5 Å². The van der Waals surface area contributed by atoms with E-state index in [1.165, 1.54) is 10.8 Å². The van der Waals surface area contributed by atoms with E-state index in [2.05, 4.69) is 100 Å². The van der Waals surface area contributed by atoms with Crippen LogP contribution in [-0.2, 0) is 0 Å². The number of fused-ring (bicyclic) bond motifs is 6. The van der Waals surface area contributed by atoms with E-state index in [1.807, 2.05) is 72.9 Å². The van der Waals surface area contributed by atoms with Gasteiger partial charge in [-0.15, -0.1) is 0 Å². The van der Waals surface area contributed by atoms with Gasteiger partial charge in [-0.25, -0.2) is 0 Å². The summed E-state index contributed by atoms with van der Waals surface area (Å²) in [5.41, 5.74) is 10.0. The number of hydrogen-bond acceptors (Lipinski definition) is 3. The Morgan fingerprint density at radius 2 is 0.938 bits per heavy atom. The number of aromatic nitrogens is 3. The maximum atomic E-state index is 10.5. The van der Waals surface area contributed by atoms with Crippen LogP contribution in [0.25, 0.3) is 77.4 Å². The first-order valence-electron chi connectivity index (χ1n) is 15.8. The molecule has 0 spiro atoms. The summed E-state index contributed by atoms with van der Waals surface area (Å²) in [6, 6.07) is 53.9. The van der Waals surface area contributed by atoms with Crippen molar-refractivity contribution in [2.75, 3.05) is 0 Å². The van der Waals surface area contributed by atoms with Gasteiger partial charge in [-0.2, -0.15) is 10.5 Å². The van der Waals surface area contributed by atoms with Crippen molar-refractivity contribution < 1.29 is 0 Å². The maximum Gasteiger partial charge on any atom is 0.100 e. The van der Waals surface area contributed by atoms with Gasteiger partial charge in [0, 0.05) is 43.9 Å². The molecule has 0 aliphatic heterocycles. The topological polar surface area (TPSA) is 70.3 Å². The van der Waals surface area contributed by atoms with Crippen LogP contribution in [0.5, 0.6) is 0 Å². The summed E-state index contributed by atoms with van der Waals surface area (Å²) in [6.45, 7) is 0.